The SMILES string of the molecule is C=C1C=CN(NCc2ccccc2)C=C1. The average molecular weight is 198 g/mol. The molecule has 0 fully saturated rings. The quantitative estimate of drug-likeness (QED) is 0.803. The van der Waals surface area contributed by atoms with Crippen molar-refractivity contribution in [1.29, 1.82) is 0 Å². The highest BCUT2D eigenvalue weighted by molar-refractivity contribution is 5.30. The van der Waals surface area contributed by atoms with Crippen LogP contribution in [0.4, 0.5) is 0 Å². The highest BCUT2D eigenvalue weighted by atomic mass is 15.5. The first-order chi connectivity index (χ1) is 7.34. The molecule has 0 bridgehead atoms. The lowest BCUT2D eigenvalue weighted by molar-refractivity contribution is 0.359. The van der Waals surface area contributed by atoms with E-state index in [4.69, 9.17) is 0 Å². The molecule has 0 aliphatic carbocycles. The minimum atomic E-state index is 0.821. The molecule has 1 aromatic carbocycles. The van der Waals surface area contributed by atoms with Crippen molar-refractivity contribution >= 4 is 0 Å². The van der Waals surface area contributed by atoms with Crippen molar-refractivity contribution in [1.82, 2.24) is 10.4 Å². The molecule has 76 valence electrons. The number of hydrogen-bond donors (Lipinski definition) is 1. The Labute approximate surface area is 90.2 Å². The smallest absolute Gasteiger partial charge is 0.0404 e. The lowest BCUT2D eigenvalue weighted by Gasteiger charge is -2.19. The number of allylic oxidation sites excluding steroid dienone is 3. The highest BCUT2D eigenvalue weighted by Gasteiger charge is 1.98. The Hall–Kier alpha value is -1.80. The molecule has 1 aliphatic heterocycles. The van der Waals surface area contributed by atoms with Crippen molar-refractivity contribution in [3.63, 3.8) is 0 Å². The molecule has 1 aliphatic rings. The monoisotopic (exact) mass is 198 g/mol. The normalized spacial score (nSPS) is 14.7. The summed E-state index contributed by atoms with van der Waals surface area (Å²) < 4.78 is 0. The molecule has 1 heterocycles. The Balaban J connectivity index is 1.87. The van der Waals surface area contributed by atoms with E-state index in [2.05, 4.69) is 24.1 Å². The van der Waals surface area contributed by atoms with Crippen LogP contribution in [0.25, 0.3) is 0 Å². The summed E-state index contributed by atoms with van der Waals surface area (Å²) in [6.07, 6.45) is 7.87. The zero-order valence-corrected chi connectivity index (χ0v) is 8.56. The van der Waals surface area contributed by atoms with E-state index in [0.29, 0.717) is 0 Å². The summed E-state index contributed by atoms with van der Waals surface area (Å²) in [5.74, 6) is 0. The molecule has 0 aromatic heterocycles. The second-order valence-electron chi connectivity index (χ2n) is 3.43. The van der Waals surface area contributed by atoms with E-state index in [9.17, 15) is 0 Å². The van der Waals surface area contributed by atoms with Gasteiger partial charge >= 0.3 is 0 Å². The van der Waals surface area contributed by atoms with E-state index < -0.39 is 0 Å². The largest absolute Gasteiger partial charge is 0.291 e. The third-order valence-corrected chi connectivity index (χ3v) is 2.21. The van der Waals surface area contributed by atoms with Gasteiger partial charge in [-0.05, 0) is 23.3 Å². The molecule has 15 heavy (non-hydrogen) atoms. The molecule has 0 unspecified atom stereocenters. The fraction of sp³-hybridized carbons (Fsp3) is 0.0769. The zero-order valence-electron chi connectivity index (χ0n) is 8.56. The van der Waals surface area contributed by atoms with E-state index in [0.717, 1.165) is 12.1 Å². The standard InChI is InChI=1S/C13H14N2/c1-12-7-9-15(10-8-12)14-11-13-5-3-2-4-6-13/h2-10,14H,1,11H2. The van der Waals surface area contributed by atoms with Gasteiger partial charge in [0, 0.05) is 18.9 Å². The number of rotatable bonds is 3. The van der Waals surface area contributed by atoms with Crippen LogP contribution in [-0.2, 0) is 6.54 Å². The minimum Gasteiger partial charge on any atom is -0.291 e. The molecule has 2 rings (SSSR count). The van der Waals surface area contributed by atoms with Crippen LogP contribution in [0.15, 0.2) is 67.0 Å². The van der Waals surface area contributed by atoms with Crippen LogP contribution in [0.5, 0.6) is 0 Å². The summed E-state index contributed by atoms with van der Waals surface area (Å²) in [5, 5.41) is 1.93. The molecule has 2 heteroatoms. The van der Waals surface area contributed by atoms with Gasteiger partial charge in [-0.15, -0.1) is 0 Å². The van der Waals surface area contributed by atoms with Crippen molar-refractivity contribution in [3.05, 3.63) is 72.6 Å². The highest BCUT2D eigenvalue weighted by Crippen LogP contribution is 2.05. The van der Waals surface area contributed by atoms with E-state index in [1.165, 1.54) is 5.56 Å². The van der Waals surface area contributed by atoms with E-state index in [-0.39, 0.29) is 0 Å². The van der Waals surface area contributed by atoms with Crippen molar-refractivity contribution in [2.24, 2.45) is 0 Å². The topological polar surface area (TPSA) is 15.3 Å². The first-order valence-corrected chi connectivity index (χ1v) is 4.96. The molecule has 2 nitrogen and oxygen atoms in total. The summed E-state index contributed by atoms with van der Waals surface area (Å²) in [6.45, 7) is 4.66. The second-order valence-corrected chi connectivity index (χ2v) is 3.43. The maximum absolute atomic E-state index is 3.84. The van der Waals surface area contributed by atoms with Crippen molar-refractivity contribution in [3.8, 4) is 0 Å². The number of hydrazine groups is 1. The van der Waals surface area contributed by atoms with E-state index in [1.54, 1.807) is 0 Å². The lowest BCUT2D eigenvalue weighted by atomic mass is 10.2. The van der Waals surface area contributed by atoms with Gasteiger partial charge in [-0.25, -0.2) is 5.43 Å². The molecule has 0 saturated heterocycles. The van der Waals surface area contributed by atoms with Crippen LogP contribution in [0.3, 0.4) is 0 Å². The van der Waals surface area contributed by atoms with Crippen LogP contribution in [-0.4, -0.2) is 5.01 Å². The number of hydrogen-bond acceptors (Lipinski definition) is 2. The summed E-state index contributed by atoms with van der Waals surface area (Å²) in [7, 11) is 0. The Morgan fingerprint density at radius 1 is 1.07 bits per heavy atom. The van der Waals surface area contributed by atoms with Gasteiger partial charge in [0.1, 0.15) is 0 Å². The third-order valence-electron chi connectivity index (χ3n) is 2.21. The van der Waals surface area contributed by atoms with Crippen LogP contribution in [0, 0.1) is 0 Å². The fourth-order valence-electron chi connectivity index (χ4n) is 1.34. The van der Waals surface area contributed by atoms with Crippen molar-refractivity contribution in [2.45, 2.75) is 6.54 Å². The van der Waals surface area contributed by atoms with E-state index >= 15 is 0 Å². The Morgan fingerprint density at radius 2 is 1.73 bits per heavy atom. The maximum atomic E-state index is 3.84. The summed E-state index contributed by atoms with van der Waals surface area (Å²) in [5.41, 5.74) is 5.57. The molecular weight excluding hydrogens is 184 g/mol. The first kappa shape index (κ1) is 9.74. The zero-order chi connectivity index (χ0) is 10.5. The molecule has 1 N–H and O–H groups in total. The predicted molar refractivity (Wildman–Crippen MR) is 62.5 cm³/mol. The van der Waals surface area contributed by atoms with E-state index in [1.807, 2.05) is 47.8 Å². The Kier molecular flexibility index (Phi) is 3.00. The lowest BCUT2D eigenvalue weighted by Crippen LogP contribution is -2.28. The summed E-state index contributed by atoms with van der Waals surface area (Å²) >= 11 is 0. The summed E-state index contributed by atoms with van der Waals surface area (Å²) in [4.78, 5) is 0. The van der Waals surface area contributed by atoms with Gasteiger partial charge in [-0.1, -0.05) is 36.9 Å². The van der Waals surface area contributed by atoms with Gasteiger partial charge in [-0.3, -0.25) is 5.01 Å². The van der Waals surface area contributed by atoms with Crippen LogP contribution >= 0.6 is 0 Å². The van der Waals surface area contributed by atoms with Crippen molar-refractivity contribution in [2.75, 3.05) is 0 Å². The molecule has 1 aromatic rings. The van der Waals surface area contributed by atoms with Gasteiger partial charge in [0.15, 0.2) is 0 Å². The third kappa shape index (κ3) is 2.82. The second kappa shape index (κ2) is 4.62. The van der Waals surface area contributed by atoms with Gasteiger partial charge in [-0.2, -0.15) is 0 Å². The predicted octanol–water partition coefficient (Wildman–Crippen LogP) is 2.59. The summed E-state index contributed by atoms with van der Waals surface area (Å²) in [6, 6.07) is 10.3. The number of nitrogens with zero attached hydrogens (tertiary/aromatic N) is 1. The molecule has 0 atom stereocenters. The Morgan fingerprint density at radius 3 is 2.40 bits per heavy atom. The van der Waals surface area contributed by atoms with Crippen LogP contribution in [0.2, 0.25) is 0 Å². The van der Waals surface area contributed by atoms with Crippen molar-refractivity contribution < 1.29 is 0 Å². The maximum Gasteiger partial charge on any atom is 0.0404 e. The van der Waals surface area contributed by atoms with Gasteiger partial charge in [0.05, 0.1) is 0 Å². The number of nitrogens with one attached hydrogen (secondary N) is 1. The molecule has 0 saturated carbocycles. The molecule has 0 radical (unpaired) electrons. The first-order valence-electron chi connectivity index (χ1n) is 4.96. The molecule has 0 amide bonds. The van der Waals surface area contributed by atoms with Gasteiger partial charge < -0.3 is 0 Å². The number of benzene rings is 1. The Bertz CT molecular complexity index is 374. The van der Waals surface area contributed by atoms with Gasteiger partial charge in [0.25, 0.3) is 0 Å². The average Bonchev–Trinajstić information content (AvgIpc) is 2.30. The molecule has 0 spiro atoms. The fourth-order valence-corrected chi connectivity index (χ4v) is 1.34. The van der Waals surface area contributed by atoms with Crippen LogP contribution in [0.1, 0.15) is 5.56 Å². The molecular formula is C13H14N2. The minimum absolute atomic E-state index is 0.821. The van der Waals surface area contributed by atoms with Crippen LogP contribution < -0.4 is 5.43 Å². The van der Waals surface area contributed by atoms with Gasteiger partial charge in [0.2, 0.25) is 0 Å².